The minimum Gasteiger partial charge on any atom is -0.296 e. The summed E-state index contributed by atoms with van der Waals surface area (Å²) in [6.07, 6.45) is 0. The van der Waals surface area contributed by atoms with E-state index >= 15 is 0 Å². The molecule has 0 aliphatic rings. The summed E-state index contributed by atoms with van der Waals surface area (Å²) in [7, 11) is 0. The van der Waals surface area contributed by atoms with Crippen LogP contribution in [0.5, 0.6) is 0 Å². The zero-order valence-electron chi connectivity index (χ0n) is 12.3. The maximum Gasteiger partial charge on any atom is 0.278 e. The zero-order valence-corrected chi connectivity index (χ0v) is 13.2. The number of hydrogen-bond donors (Lipinski definition) is 2. The van der Waals surface area contributed by atoms with Gasteiger partial charge in [0.2, 0.25) is 0 Å². The topological polar surface area (TPSA) is 105 Å². The highest BCUT2D eigenvalue weighted by atomic mass is 32.1. The van der Waals surface area contributed by atoms with Gasteiger partial charge in [0, 0.05) is 12.3 Å². The van der Waals surface area contributed by atoms with E-state index < -0.39 is 5.91 Å². The fourth-order valence-corrected chi connectivity index (χ4v) is 3.08. The smallest absolute Gasteiger partial charge is 0.278 e. The molecule has 7 nitrogen and oxygen atoms in total. The van der Waals surface area contributed by atoms with Crippen LogP contribution in [0.2, 0.25) is 0 Å². The molecule has 0 aliphatic heterocycles. The van der Waals surface area contributed by atoms with Gasteiger partial charge < -0.3 is 0 Å². The Morgan fingerprint density at radius 1 is 1.22 bits per heavy atom. The van der Waals surface area contributed by atoms with E-state index in [0.717, 1.165) is 11.3 Å². The molecule has 2 heterocycles. The van der Waals surface area contributed by atoms with Gasteiger partial charge in [-0.3, -0.25) is 19.7 Å². The van der Waals surface area contributed by atoms with Gasteiger partial charge >= 0.3 is 0 Å². The van der Waals surface area contributed by atoms with Crippen LogP contribution < -0.4 is 10.9 Å². The second-order valence-electron chi connectivity index (χ2n) is 4.89. The molecule has 1 aromatic carbocycles. The van der Waals surface area contributed by atoms with E-state index in [9.17, 15) is 14.4 Å². The summed E-state index contributed by atoms with van der Waals surface area (Å²) in [5.74, 6) is -0.602. The first-order valence-electron chi connectivity index (χ1n) is 6.74. The first-order chi connectivity index (χ1) is 11.0. The summed E-state index contributed by atoms with van der Waals surface area (Å²) in [4.78, 5) is 40.3. The van der Waals surface area contributed by atoms with Gasteiger partial charge in [0.1, 0.15) is 0 Å². The third-order valence-corrected chi connectivity index (χ3v) is 4.42. The summed E-state index contributed by atoms with van der Waals surface area (Å²) in [6.45, 7) is 3.15. The predicted octanol–water partition coefficient (Wildman–Crippen LogP) is 2.14. The highest BCUT2D eigenvalue weighted by Crippen LogP contribution is 2.23. The molecule has 2 N–H and O–H groups in total. The van der Waals surface area contributed by atoms with E-state index in [1.54, 1.807) is 31.2 Å². The number of hydrogen-bond acceptors (Lipinski definition) is 6. The summed E-state index contributed by atoms with van der Waals surface area (Å²) >= 11 is 1.11. The van der Waals surface area contributed by atoms with E-state index in [1.165, 1.54) is 6.92 Å². The van der Waals surface area contributed by atoms with Crippen molar-refractivity contribution in [2.24, 2.45) is 0 Å². The molecule has 3 aromatic rings. The number of anilines is 1. The molecule has 0 unspecified atom stereocenters. The lowest BCUT2D eigenvalue weighted by Gasteiger charge is -2.04. The molecular formula is C15H12N4O3S. The van der Waals surface area contributed by atoms with E-state index in [4.69, 9.17) is 0 Å². The van der Waals surface area contributed by atoms with Crippen molar-refractivity contribution in [1.82, 2.24) is 15.2 Å². The standard InChI is InChI=1S/C15H12N4O3S/c1-7-12(8(2)20)23-15(16-7)17-14(22)11-9-5-3-4-6-10(9)13(21)19-18-11/h3-6H,1-2H3,(H,19,21)(H,16,17,22). The van der Waals surface area contributed by atoms with Crippen molar-refractivity contribution < 1.29 is 9.59 Å². The number of nitrogens with zero attached hydrogens (tertiary/aromatic N) is 2. The molecule has 0 bridgehead atoms. The first kappa shape index (κ1) is 15.0. The largest absolute Gasteiger partial charge is 0.296 e. The van der Waals surface area contributed by atoms with Gasteiger partial charge in [0.05, 0.1) is 16.0 Å². The second kappa shape index (κ2) is 5.73. The average molecular weight is 328 g/mol. The number of aryl methyl sites for hydroxylation is 1. The van der Waals surface area contributed by atoms with Crippen LogP contribution in [0.3, 0.4) is 0 Å². The van der Waals surface area contributed by atoms with Crippen LogP contribution in [0.15, 0.2) is 29.1 Å². The number of thiazole rings is 1. The Hall–Kier alpha value is -2.87. The summed E-state index contributed by atoms with van der Waals surface area (Å²) < 4.78 is 0. The third kappa shape index (κ3) is 2.76. The van der Waals surface area contributed by atoms with E-state index in [0.29, 0.717) is 26.5 Å². The lowest BCUT2D eigenvalue weighted by Crippen LogP contribution is -2.19. The van der Waals surface area contributed by atoms with E-state index in [-0.39, 0.29) is 17.0 Å². The number of rotatable bonds is 3. The third-order valence-electron chi connectivity index (χ3n) is 3.25. The van der Waals surface area contributed by atoms with Crippen molar-refractivity contribution in [3.05, 3.63) is 50.9 Å². The van der Waals surface area contributed by atoms with Crippen molar-refractivity contribution in [3.63, 3.8) is 0 Å². The van der Waals surface area contributed by atoms with Gasteiger partial charge in [-0.1, -0.05) is 29.5 Å². The molecule has 0 saturated carbocycles. The highest BCUT2D eigenvalue weighted by molar-refractivity contribution is 7.17. The predicted molar refractivity (Wildman–Crippen MR) is 87.2 cm³/mol. The van der Waals surface area contributed by atoms with Gasteiger partial charge in [0.25, 0.3) is 11.5 Å². The normalized spacial score (nSPS) is 10.7. The Labute approximate surface area is 134 Å². The molecule has 0 atom stereocenters. The summed E-state index contributed by atoms with van der Waals surface area (Å²) in [5, 5.41) is 9.90. The first-order valence-corrected chi connectivity index (χ1v) is 7.56. The van der Waals surface area contributed by atoms with Crippen molar-refractivity contribution in [2.75, 3.05) is 5.32 Å². The Kier molecular flexibility index (Phi) is 3.75. The number of H-pyrrole nitrogens is 1. The van der Waals surface area contributed by atoms with Crippen LogP contribution in [0.1, 0.15) is 32.8 Å². The Bertz CT molecular complexity index is 990. The number of amides is 1. The Morgan fingerprint density at radius 3 is 2.57 bits per heavy atom. The van der Waals surface area contributed by atoms with E-state index in [2.05, 4.69) is 20.5 Å². The van der Waals surface area contributed by atoms with Crippen LogP contribution in [-0.4, -0.2) is 26.9 Å². The molecule has 116 valence electrons. The Morgan fingerprint density at radius 2 is 1.91 bits per heavy atom. The molecule has 8 heteroatoms. The summed E-state index contributed by atoms with van der Waals surface area (Å²) in [5.41, 5.74) is 0.302. The maximum atomic E-state index is 12.4. The number of nitrogens with one attached hydrogen (secondary N) is 2. The van der Waals surface area contributed by atoms with E-state index in [1.807, 2.05) is 0 Å². The maximum absolute atomic E-state index is 12.4. The van der Waals surface area contributed by atoms with Gasteiger partial charge in [-0.15, -0.1) is 0 Å². The number of benzene rings is 1. The van der Waals surface area contributed by atoms with Gasteiger partial charge in [-0.05, 0) is 13.0 Å². The number of carbonyl (C=O) groups is 2. The van der Waals surface area contributed by atoms with Crippen molar-refractivity contribution >= 4 is 38.9 Å². The fraction of sp³-hybridized carbons (Fsp3) is 0.133. The molecule has 0 aliphatic carbocycles. The van der Waals surface area contributed by atoms with Gasteiger partial charge in [0.15, 0.2) is 16.6 Å². The number of ketones is 1. The van der Waals surface area contributed by atoms with Crippen LogP contribution in [0.4, 0.5) is 5.13 Å². The van der Waals surface area contributed by atoms with Gasteiger partial charge in [-0.25, -0.2) is 10.1 Å². The molecule has 0 radical (unpaired) electrons. The van der Waals surface area contributed by atoms with Gasteiger partial charge in [-0.2, -0.15) is 5.10 Å². The summed E-state index contributed by atoms with van der Waals surface area (Å²) in [6, 6.07) is 6.71. The minimum absolute atomic E-state index is 0.0948. The molecule has 0 spiro atoms. The monoisotopic (exact) mass is 328 g/mol. The number of aromatic amines is 1. The minimum atomic E-state index is -0.499. The van der Waals surface area contributed by atoms with Crippen molar-refractivity contribution in [3.8, 4) is 0 Å². The number of fused-ring (bicyclic) bond motifs is 1. The molecule has 23 heavy (non-hydrogen) atoms. The SMILES string of the molecule is CC(=O)c1sc(NC(=O)c2n[nH]c(=O)c3ccccc23)nc1C. The second-order valence-corrected chi connectivity index (χ2v) is 5.89. The molecule has 0 fully saturated rings. The highest BCUT2D eigenvalue weighted by Gasteiger charge is 2.17. The molecule has 1 amide bonds. The Balaban J connectivity index is 1.99. The van der Waals surface area contributed by atoms with Crippen LogP contribution in [0, 0.1) is 6.92 Å². The molecule has 2 aromatic heterocycles. The fourth-order valence-electron chi connectivity index (χ4n) is 2.22. The van der Waals surface area contributed by atoms with Crippen LogP contribution in [-0.2, 0) is 0 Å². The zero-order chi connectivity index (χ0) is 16.6. The quantitative estimate of drug-likeness (QED) is 0.717. The number of aromatic nitrogens is 3. The van der Waals surface area contributed by atoms with Crippen LogP contribution in [0.25, 0.3) is 10.8 Å². The number of carbonyl (C=O) groups excluding carboxylic acids is 2. The molecule has 3 rings (SSSR count). The van der Waals surface area contributed by atoms with Crippen molar-refractivity contribution in [2.45, 2.75) is 13.8 Å². The van der Waals surface area contributed by atoms with Crippen molar-refractivity contribution in [1.29, 1.82) is 0 Å². The lowest BCUT2D eigenvalue weighted by molar-refractivity contribution is 0.101. The van der Waals surface area contributed by atoms with Crippen LogP contribution >= 0.6 is 11.3 Å². The molecular weight excluding hydrogens is 316 g/mol. The average Bonchev–Trinajstić information content (AvgIpc) is 2.88. The number of Topliss-reactive ketones (excluding diaryl/α,β-unsaturated/α-hetero) is 1. The lowest BCUT2D eigenvalue weighted by atomic mass is 10.1. The molecule has 0 saturated heterocycles.